The molecule has 17 heavy (non-hydrogen) atoms. The van der Waals surface area contributed by atoms with Gasteiger partial charge in [-0.15, -0.1) is 0 Å². The van der Waals surface area contributed by atoms with Gasteiger partial charge in [-0.2, -0.15) is 0 Å². The average molecular weight is 239 g/mol. The van der Waals surface area contributed by atoms with E-state index in [-0.39, 0.29) is 5.97 Å². The summed E-state index contributed by atoms with van der Waals surface area (Å²) in [6.45, 7) is 3.84. The lowest BCUT2D eigenvalue weighted by Crippen LogP contribution is -2.14. The van der Waals surface area contributed by atoms with Gasteiger partial charge in [0.1, 0.15) is 12.0 Å². The van der Waals surface area contributed by atoms with E-state index in [0.29, 0.717) is 12.1 Å². The van der Waals surface area contributed by atoms with E-state index >= 15 is 0 Å². The lowest BCUT2D eigenvalue weighted by atomic mass is 10.2. The first kappa shape index (κ1) is 13.8. The minimum absolute atomic E-state index is 0.358. The zero-order chi connectivity index (χ0) is 12.5. The van der Waals surface area contributed by atoms with Crippen molar-refractivity contribution in [1.82, 2.24) is 5.32 Å². The van der Waals surface area contributed by atoms with E-state index in [1.807, 2.05) is 0 Å². The van der Waals surface area contributed by atoms with Crippen LogP contribution in [0.1, 0.15) is 48.7 Å². The molecule has 0 saturated heterocycles. The Morgan fingerprint density at radius 2 is 2.24 bits per heavy atom. The van der Waals surface area contributed by atoms with Crippen molar-refractivity contribution in [3.05, 3.63) is 23.7 Å². The third kappa shape index (κ3) is 5.04. The van der Waals surface area contributed by atoms with Crippen molar-refractivity contribution in [3.8, 4) is 0 Å². The number of nitrogens with one attached hydrogen (secondary N) is 1. The van der Waals surface area contributed by atoms with E-state index in [1.54, 1.807) is 6.07 Å². The first-order chi connectivity index (χ1) is 8.27. The summed E-state index contributed by atoms with van der Waals surface area (Å²) >= 11 is 0. The standard InChI is InChI=1S/C13H21NO3/c1-3-4-5-6-7-14-9-12-8-11(10-17-12)13(15)16-2/h8,10,14H,3-7,9H2,1-2H3. The molecule has 1 N–H and O–H groups in total. The number of carbonyl (C=O) groups excluding carboxylic acids is 1. The van der Waals surface area contributed by atoms with E-state index < -0.39 is 0 Å². The molecule has 0 aliphatic rings. The van der Waals surface area contributed by atoms with Gasteiger partial charge in [0, 0.05) is 0 Å². The number of hydrogen-bond acceptors (Lipinski definition) is 4. The van der Waals surface area contributed by atoms with E-state index in [2.05, 4.69) is 17.0 Å². The number of hydrogen-bond donors (Lipinski definition) is 1. The second-order valence-corrected chi connectivity index (χ2v) is 4.03. The van der Waals surface area contributed by atoms with E-state index in [0.717, 1.165) is 12.3 Å². The maximum absolute atomic E-state index is 11.2. The predicted molar refractivity (Wildman–Crippen MR) is 65.9 cm³/mol. The van der Waals surface area contributed by atoms with Crippen LogP contribution in [0.5, 0.6) is 0 Å². The molecule has 1 aromatic heterocycles. The van der Waals surface area contributed by atoms with Gasteiger partial charge >= 0.3 is 5.97 Å². The summed E-state index contributed by atoms with van der Waals surface area (Å²) in [6.07, 6.45) is 6.41. The zero-order valence-corrected chi connectivity index (χ0v) is 10.6. The highest BCUT2D eigenvalue weighted by Gasteiger charge is 2.09. The second-order valence-electron chi connectivity index (χ2n) is 4.03. The van der Waals surface area contributed by atoms with Crippen molar-refractivity contribution < 1.29 is 13.9 Å². The average Bonchev–Trinajstić information content (AvgIpc) is 2.81. The highest BCUT2D eigenvalue weighted by atomic mass is 16.5. The van der Waals surface area contributed by atoms with E-state index in [9.17, 15) is 4.79 Å². The van der Waals surface area contributed by atoms with Crippen molar-refractivity contribution in [1.29, 1.82) is 0 Å². The Balaban J connectivity index is 2.19. The number of carbonyl (C=O) groups is 1. The lowest BCUT2D eigenvalue weighted by molar-refractivity contribution is 0.0600. The van der Waals surface area contributed by atoms with Gasteiger partial charge in [0.2, 0.25) is 0 Å². The molecule has 0 aliphatic carbocycles. The maximum atomic E-state index is 11.2. The van der Waals surface area contributed by atoms with Gasteiger partial charge in [0.25, 0.3) is 0 Å². The van der Waals surface area contributed by atoms with Gasteiger partial charge in [-0.25, -0.2) is 4.79 Å². The molecule has 0 unspecified atom stereocenters. The van der Waals surface area contributed by atoms with Crippen molar-refractivity contribution in [3.63, 3.8) is 0 Å². The lowest BCUT2D eigenvalue weighted by Gasteiger charge is -2.01. The van der Waals surface area contributed by atoms with Crippen LogP contribution in [0.4, 0.5) is 0 Å². The molecule has 4 nitrogen and oxygen atoms in total. The second kappa shape index (κ2) is 7.90. The summed E-state index contributed by atoms with van der Waals surface area (Å²) in [6, 6.07) is 1.71. The molecule has 1 rings (SSSR count). The summed E-state index contributed by atoms with van der Waals surface area (Å²) in [5.41, 5.74) is 0.468. The molecule has 1 aromatic rings. The Morgan fingerprint density at radius 1 is 1.41 bits per heavy atom. The van der Waals surface area contributed by atoms with Gasteiger partial charge in [-0.1, -0.05) is 26.2 Å². The Hall–Kier alpha value is -1.29. The third-order valence-electron chi connectivity index (χ3n) is 2.58. The van der Waals surface area contributed by atoms with E-state index in [1.165, 1.54) is 39.1 Å². The number of furan rings is 1. The third-order valence-corrected chi connectivity index (χ3v) is 2.58. The monoisotopic (exact) mass is 239 g/mol. The molecule has 0 aromatic carbocycles. The van der Waals surface area contributed by atoms with Crippen LogP contribution in [0.3, 0.4) is 0 Å². The highest BCUT2D eigenvalue weighted by molar-refractivity contribution is 5.88. The molecule has 0 atom stereocenters. The number of methoxy groups -OCH3 is 1. The Morgan fingerprint density at radius 3 is 2.94 bits per heavy atom. The van der Waals surface area contributed by atoms with E-state index in [4.69, 9.17) is 4.42 Å². The molecular weight excluding hydrogens is 218 g/mol. The Labute approximate surface area is 102 Å². The highest BCUT2D eigenvalue weighted by Crippen LogP contribution is 2.08. The van der Waals surface area contributed by atoms with Crippen molar-refractivity contribution in [2.24, 2.45) is 0 Å². The van der Waals surface area contributed by atoms with Crippen LogP contribution in [0.15, 0.2) is 16.7 Å². The SMILES string of the molecule is CCCCCCNCc1cc(C(=O)OC)co1. The fourth-order valence-electron chi connectivity index (χ4n) is 1.59. The molecule has 0 spiro atoms. The minimum atomic E-state index is -0.358. The molecule has 96 valence electrons. The van der Waals surface area contributed by atoms with Crippen LogP contribution in [0, 0.1) is 0 Å². The molecule has 4 heteroatoms. The van der Waals surface area contributed by atoms with Gasteiger partial charge in [0.05, 0.1) is 19.2 Å². The van der Waals surface area contributed by atoms with Crippen LogP contribution in [-0.2, 0) is 11.3 Å². The quantitative estimate of drug-likeness (QED) is 0.560. The molecule has 0 saturated carbocycles. The van der Waals surface area contributed by atoms with Crippen LogP contribution >= 0.6 is 0 Å². The fraction of sp³-hybridized carbons (Fsp3) is 0.615. The number of rotatable bonds is 8. The summed E-state index contributed by atoms with van der Waals surface area (Å²) < 4.78 is 9.85. The first-order valence-electron chi connectivity index (χ1n) is 6.14. The van der Waals surface area contributed by atoms with Crippen LogP contribution in [0.2, 0.25) is 0 Å². The molecule has 0 fully saturated rings. The largest absolute Gasteiger partial charge is 0.467 e. The Bertz CT molecular complexity index is 333. The number of ether oxygens (including phenoxy) is 1. The van der Waals surface area contributed by atoms with Gasteiger partial charge in [-0.3, -0.25) is 0 Å². The summed E-state index contributed by atoms with van der Waals surface area (Å²) in [4.78, 5) is 11.2. The first-order valence-corrected chi connectivity index (χ1v) is 6.14. The van der Waals surface area contributed by atoms with Gasteiger partial charge in [0.15, 0.2) is 0 Å². The molecule has 0 radical (unpaired) electrons. The van der Waals surface area contributed by atoms with Crippen molar-refractivity contribution in [2.45, 2.75) is 39.2 Å². The summed E-state index contributed by atoms with van der Waals surface area (Å²) in [7, 11) is 1.36. The smallest absolute Gasteiger partial charge is 0.341 e. The van der Waals surface area contributed by atoms with Crippen LogP contribution < -0.4 is 5.32 Å². The topological polar surface area (TPSA) is 51.5 Å². The van der Waals surface area contributed by atoms with Gasteiger partial charge < -0.3 is 14.5 Å². The zero-order valence-electron chi connectivity index (χ0n) is 10.6. The fourth-order valence-corrected chi connectivity index (χ4v) is 1.59. The van der Waals surface area contributed by atoms with Crippen LogP contribution in [-0.4, -0.2) is 19.6 Å². The van der Waals surface area contributed by atoms with Crippen molar-refractivity contribution >= 4 is 5.97 Å². The Kier molecular flexibility index (Phi) is 6.40. The number of esters is 1. The van der Waals surface area contributed by atoms with Gasteiger partial charge in [-0.05, 0) is 19.0 Å². The number of unbranched alkanes of at least 4 members (excludes halogenated alkanes) is 3. The predicted octanol–water partition coefficient (Wildman–Crippen LogP) is 2.74. The van der Waals surface area contributed by atoms with Crippen molar-refractivity contribution in [2.75, 3.05) is 13.7 Å². The molecule has 0 aliphatic heterocycles. The summed E-state index contributed by atoms with van der Waals surface area (Å²) in [5, 5.41) is 3.28. The minimum Gasteiger partial charge on any atom is -0.467 e. The summed E-state index contributed by atoms with van der Waals surface area (Å²) in [5.74, 6) is 0.406. The molecular formula is C13H21NO3. The molecule has 1 heterocycles. The normalized spacial score (nSPS) is 10.5. The maximum Gasteiger partial charge on any atom is 0.341 e. The molecule has 0 amide bonds. The van der Waals surface area contributed by atoms with Crippen LogP contribution in [0.25, 0.3) is 0 Å². The molecule has 0 bridgehead atoms.